The molecular weight excluding hydrogens is 200 g/mol. The normalized spacial score (nSPS) is 14.2. The van der Waals surface area contributed by atoms with Crippen molar-refractivity contribution in [3.8, 4) is 0 Å². The minimum absolute atomic E-state index is 0.0738. The Morgan fingerprint density at radius 1 is 1.38 bits per heavy atom. The molecule has 0 bridgehead atoms. The van der Waals surface area contributed by atoms with Crippen LogP contribution in [-0.2, 0) is 4.79 Å². The average molecular weight is 220 g/mol. The summed E-state index contributed by atoms with van der Waals surface area (Å²) in [6, 6.07) is 9.61. The van der Waals surface area contributed by atoms with E-state index in [4.69, 9.17) is 5.73 Å². The molecule has 0 spiro atoms. The van der Waals surface area contributed by atoms with Crippen LogP contribution in [0.5, 0.6) is 0 Å². The number of hydrogen-bond acceptors (Lipinski definition) is 2. The second-order valence-corrected chi connectivity index (χ2v) is 4.05. The van der Waals surface area contributed by atoms with Crippen LogP contribution in [0.2, 0.25) is 0 Å². The molecule has 3 N–H and O–H groups in total. The summed E-state index contributed by atoms with van der Waals surface area (Å²) in [5, 5.41) is 2.97. The molecule has 0 aliphatic heterocycles. The van der Waals surface area contributed by atoms with Gasteiger partial charge in [-0.2, -0.15) is 0 Å². The predicted molar refractivity (Wildman–Crippen MR) is 65.9 cm³/mol. The van der Waals surface area contributed by atoms with Crippen LogP contribution in [-0.4, -0.2) is 11.9 Å². The fraction of sp³-hybridized carbons (Fsp3) is 0.462. The Morgan fingerprint density at radius 3 is 2.50 bits per heavy atom. The molecule has 16 heavy (non-hydrogen) atoms. The van der Waals surface area contributed by atoms with Crippen molar-refractivity contribution in [1.82, 2.24) is 5.32 Å². The summed E-state index contributed by atoms with van der Waals surface area (Å²) in [5.41, 5.74) is 6.68. The Kier molecular flexibility index (Phi) is 4.99. The highest BCUT2D eigenvalue weighted by molar-refractivity contribution is 5.81. The fourth-order valence-corrected chi connectivity index (χ4v) is 1.60. The van der Waals surface area contributed by atoms with Crippen LogP contribution in [0.4, 0.5) is 0 Å². The van der Waals surface area contributed by atoms with E-state index < -0.39 is 6.04 Å². The number of hydrogen-bond donors (Lipinski definition) is 2. The number of carbonyl (C=O) groups excluding carboxylic acids is 1. The van der Waals surface area contributed by atoms with Gasteiger partial charge in [0.15, 0.2) is 0 Å². The van der Waals surface area contributed by atoms with Gasteiger partial charge in [-0.25, -0.2) is 0 Å². The Hall–Kier alpha value is -1.35. The summed E-state index contributed by atoms with van der Waals surface area (Å²) < 4.78 is 0. The van der Waals surface area contributed by atoms with Crippen molar-refractivity contribution in [2.45, 2.75) is 38.8 Å². The number of nitrogens with one attached hydrogen (secondary N) is 1. The molecular formula is C13H20N2O. The number of nitrogens with two attached hydrogens (primary N) is 1. The molecule has 88 valence electrons. The molecule has 0 radical (unpaired) electrons. The highest BCUT2D eigenvalue weighted by Crippen LogP contribution is 2.17. The van der Waals surface area contributed by atoms with Gasteiger partial charge in [-0.05, 0) is 18.9 Å². The quantitative estimate of drug-likeness (QED) is 0.797. The SMILES string of the molecule is CCCC(NC(=O)[C@@H](C)N)c1ccccc1. The van der Waals surface area contributed by atoms with E-state index in [1.807, 2.05) is 30.3 Å². The van der Waals surface area contributed by atoms with E-state index in [2.05, 4.69) is 12.2 Å². The van der Waals surface area contributed by atoms with E-state index in [0.717, 1.165) is 18.4 Å². The maximum absolute atomic E-state index is 11.6. The van der Waals surface area contributed by atoms with Gasteiger partial charge in [0.25, 0.3) is 0 Å². The maximum atomic E-state index is 11.6. The smallest absolute Gasteiger partial charge is 0.237 e. The van der Waals surface area contributed by atoms with E-state index in [1.165, 1.54) is 0 Å². The molecule has 0 aliphatic carbocycles. The summed E-state index contributed by atoms with van der Waals surface area (Å²) in [6.45, 7) is 3.80. The largest absolute Gasteiger partial charge is 0.348 e. The number of amides is 1. The molecule has 0 saturated heterocycles. The molecule has 0 saturated carbocycles. The number of rotatable bonds is 5. The summed E-state index contributed by atoms with van der Waals surface area (Å²) in [5.74, 6) is -0.0951. The Bertz CT molecular complexity index is 322. The van der Waals surface area contributed by atoms with E-state index in [-0.39, 0.29) is 11.9 Å². The van der Waals surface area contributed by atoms with Crippen LogP contribution in [0.15, 0.2) is 30.3 Å². The van der Waals surface area contributed by atoms with Gasteiger partial charge in [-0.15, -0.1) is 0 Å². The van der Waals surface area contributed by atoms with Gasteiger partial charge in [-0.1, -0.05) is 43.7 Å². The molecule has 1 aromatic rings. The van der Waals surface area contributed by atoms with Crippen LogP contribution >= 0.6 is 0 Å². The minimum atomic E-state index is -0.455. The van der Waals surface area contributed by atoms with Gasteiger partial charge in [-0.3, -0.25) is 4.79 Å². The van der Waals surface area contributed by atoms with Gasteiger partial charge in [0.05, 0.1) is 12.1 Å². The minimum Gasteiger partial charge on any atom is -0.348 e. The van der Waals surface area contributed by atoms with Crippen molar-refractivity contribution in [3.63, 3.8) is 0 Å². The van der Waals surface area contributed by atoms with Crippen molar-refractivity contribution in [1.29, 1.82) is 0 Å². The third-order valence-electron chi connectivity index (χ3n) is 2.51. The highest BCUT2D eigenvalue weighted by atomic mass is 16.2. The molecule has 0 aliphatic rings. The Balaban J connectivity index is 2.72. The van der Waals surface area contributed by atoms with Crippen LogP contribution < -0.4 is 11.1 Å². The van der Waals surface area contributed by atoms with E-state index in [0.29, 0.717) is 0 Å². The third kappa shape index (κ3) is 3.66. The lowest BCUT2D eigenvalue weighted by Gasteiger charge is -2.19. The van der Waals surface area contributed by atoms with Crippen LogP contribution in [0.3, 0.4) is 0 Å². The van der Waals surface area contributed by atoms with Crippen molar-refractivity contribution >= 4 is 5.91 Å². The molecule has 1 unspecified atom stereocenters. The van der Waals surface area contributed by atoms with E-state index in [1.54, 1.807) is 6.92 Å². The molecule has 1 rings (SSSR count). The van der Waals surface area contributed by atoms with Crippen LogP contribution in [0.1, 0.15) is 38.3 Å². The topological polar surface area (TPSA) is 55.1 Å². The summed E-state index contributed by atoms with van der Waals surface area (Å²) in [7, 11) is 0. The van der Waals surface area contributed by atoms with E-state index in [9.17, 15) is 4.79 Å². The number of benzene rings is 1. The zero-order valence-corrected chi connectivity index (χ0v) is 9.94. The van der Waals surface area contributed by atoms with Gasteiger partial charge >= 0.3 is 0 Å². The monoisotopic (exact) mass is 220 g/mol. The Labute approximate surface area is 97.0 Å². The predicted octanol–water partition coefficient (Wildman–Crippen LogP) is 1.99. The lowest BCUT2D eigenvalue weighted by Crippen LogP contribution is -2.40. The second-order valence-electron chi connectivity index (χ2n) is 4.05. The maximum Gasteiger partial charge on any atom is 0.237 e. The second kappa shape index (κ2) is 6.28. The molecule has 3 heteroatoms. The van der Waals surface area contributed by atoms with Crippen molar-refractivity contribution < 1.29 is 4.79 Å². The lowest BCUT2D eigenvalue weighted by atomic mass is 10.0. The van der Waals surface area contributed by atoms with Crippen molar-refractivity contribution in [3.05, 3.63) is 35.9 Å². The highest BCUT2D eigenvalue weighted by Gasteiger charge is 2.15. The van der Waals surface area contributed by atoms with Crippen LogP contribution in [0, 0.1) is 0 Å². The molecule has 0 aromatic heterocycles. The van der Waals surface area contributed by atoms with Gasteiger partial charge in [0.1, 0.15) is 0 Å². The molecule has 3 nitrogen and oxygen atoms in total. The van der Waals surface area contributed by atoms with Gasteiger partial charge in [0, 0.05) is 0 Å². The zero-order valence-electron chi connectivity index (χ0n) is 9.94. The molecule has 1 aromatic carbocycles. The molecule has 2 atom stereocenters. The van der Waals surface area contributed by atoms with Crippen molar-refractivity contribution in [2.24, 2.45) is 5.73 Å². The lowest BCUT2D eigenvalue weighted by molar-refractivity contribution is -0.122. The Morgan fingerprint density at radius 2 is 2.00 bits per heavy atom. The first kappa shape index (κ1) is 12.7. The van der Waals surface area contributed by atoms with Gasteiger partial charge in [0.2, 0.25) is 5.91 Å². The summed E-state index contributed by atoms with van der Waals surface area (Å²) in [4.78, 5) is 11.6. The first-order chi connectivity index (χ1) is 7.65. The standard InChI is InChI=1S/C13H20N2O/c1-3-7-12(15-13(16)10(2)14)11-8-5-4-6-9-11/h4-6,8-10,12H,3,7,14H2,1-2H3,(H,15,16)/t10-,12?/m1/s1. The van der Waals surface area contributed by atoms with E-state index >= 15 is 0 Å². The third-order valence-corrected chi connectivity index (χ3v) is 2.51. The first-order valence-electron chi connectivity index (χ1n) is 5.76. The van der Waals surface area contributed by atoms with Gasteiger partial charge < -0.3 is 11.1 Å². The molecule has 0 heterocycles. The number of carbonyl (C=O) groups is 1. The van der Waals surface area contributed by atoms with Crippen molar-refractivity contribution in [2.75, 3.05) is 0 Å². The first-order valence-corrected chi connectivity index (χ1v) is 5.76. The summed E-state index contributed by atoms with van der Waals surface area (Å²) >= 11 is 0. The fourth-order valence-electron chi connectivity index (χ4n) is 1.60. The molecule has 0 fully saturated rings. The summed E-state index contributed by atoms with van der Waals surface area (Å²) in [6.07, 6.45) is 1.96. The average Bonchev–Trinajstić information content (AvgIpc) is 2.29. The zero-order chi connectivity index (χ0) is 12.0. The molecule has 1 amide bonds. The van der Waals surface area contributed by atoms with Crippen LogP contribution in [0.25, 0.3) is 0 Å².